The standard InChI is InChI=1S/C20H16ClF2N3O3/c1-2-25(10-12-3-6-17-18(7-12)29-11-28-17)16-9-24-26(20(27)19(16)21)15-5-4-13(22)8-14(15)23/h3-9H,2,10-11H2,1H3. The van der Waals surface area contributed by atoms with Gasteiger partial charge < -0.3 is 14.4 Å². The molecule has 3 aromatic rings. The molecule has 4 rings (SSSR count). The van der Waals surface area contributed by atoms with Crippen molar-refractivity contribution in [1.82, 2.24) is 9.78 Å². The average molecular weight is 420 g/mol. The maximum absolute atomic E-state index is 14.1. The van der Waals surface area contributed by atoms with Gasteiger partial charge in [0.15, 0.2) is 17.3 Å². The Balaban J connectivity index is 1.67. The number of aromatic nitrogens is 2. The van der Waals surface area contributed by atoms with Gasteiger partial charge in [-0.25, -0.2) is 8.78 Å². The molecule has 0 amide bonds. The molecule has 0 N–H and O–H groups in total. The Hall–Kier alpha value is -3.13. The molecule has 0 aliphatic carbocycles. The van der Waals surface area contributed by atoms with Crippen LogP contribution in [0, 0.1) is 11.6 Å². The highest BCUT2D eigenvalue weighted by atomic mass is 35.5. The molecule has 0 bridgehead atoms. The maximum Gasteiger partial charge on any atom is 0.292 e. The molecule has 150 valence electrons. The van der Waals surface area contributed by atoms with E-state index in [9.17, 15) is 13.6 Å². The highest BCUT2D eigenvalue weighted by Crippen LogP contribution is 2.33. The van der Waals surface area contributed by atoms with E-state index in [1.807, 2.05) is 30.0 Å². The third-order valence-corrected chi connectivity index (χ3v) is 4.93. The molecule has 0 radical (unpaired) electrons. The molecule has 2 aromatic carbocycles. The fourth-order valence-corrected chi connectivity index (χ4v) is 3.34. The van der Waals surface area contributed by atoms with E-state index in [0.717, 1.165) is 22.4 Å². The molecular weight excluding hydrogens is 404 g/mol. The summed E-state index contributed by atoms with van der Waals surface area (Å²) in [6.45, 7) is 3.09. The van der Waals surface area contributed by atoms with Gasteiger partial charge in [0.1, 0.15) is 16.5 Å². The normalized spacial score (nSPS) is 12.3. The number of nitrogens with zero attached hydrogens (tertiary/aromatic N) is 3. The number of anilines is 1. The Kier molecular flexibility index (Phi) is 5.10. The summed E-state index contributed by atoms with van der Waals surface area (Å²) >= 11 is 6.31. The van der Waals surface area contributed by atoms with E-state index in [2.05, 4.69) is 5.10 Å². The Morgan fingerprint density at radius 1 is 1.17 bits per heavy atom. The van der Waals surface area contributed by atoms with Gasteiger partial charge in [-0.2, -0.15) is 9.78 Å². The second kappa shape index (κ2) is 7.71. The van der Waals surface area contributed by atoms with Crippen LogP contribution in [0.1, 0.15) is 12.5 Å². The van der Waals surface area contributed by atoms with Gasteiger partial charge in [0.25, 0.3) is 5.56 Å². The Morgan fingerprint density at radius 3 is 2.72 bits per heavy atom. The molecule has 1 aromatic heterocycles. The molecule has 6 nitrogen and oxygen atoms in total. The smallest absolute Gasteiger partial charge is 0.292 e. The van der Waals surface area contributed by atoms with Crippen molar-refractivity contribution in [3.8, 4) is 17.2 Å². The lowest BCUT2D eigenvalue weighted by atomic mass is 10.2. The molecule has 0 saturated heterocycles. The number of hydrogen-bond acceptors (Lipinski definition) is 5. The van der Waals surface area contributed by atoms with Gasteiger partial charge in [-0.1, -0.05) is 17.7 Å². The molecule has 0 spiro atoms. The van der Waals surface area contributed by atoms with Gasteiger partial charge in [0.2, 0.25) is 6.79 Å². The zero-order valence-corrected chi connectivity index (χ0v) is 16.1. The van der Waals surface area contributed by atoms with Gasteiger partial charge in [-0.3, -0.25) is 4.79 Å². The summed E-state index contributed by atoms with van der Waals surface area (Å²) in [5.41, 5.74) is 0.471. The van der Waals surface area contributed by atoms with Crippen molar-refractivity contribution < 1.29 is 18.3 Å². The van der Waals surface area contributed by atoms with Crippen LogP contribution in [0.25, 0.3) is 5.69 Å². The number of rotatable bonds is 5. The number of ether oxygens (including phenoxy) is 2. The molecule has 0 fully saturated rings. The van der Waals surface area contributed by atoms with Crippen molar-refractivity contribution in [2.45, 2.75) is 13.5 Å². The molecule has 9 heteroatoms. The Labute approximate surface area is 169 Å². The molecule has 2 heterocycles. The van der Waals surface area contributed by atoms with Crippen LogP contribution in [0.4, 0.5) is 14.5 Å². The highest BCUT2D eigenvalue weighted by molar-refractivity contribution is 6.33. The number of hydrogen-bond donors (Lipinski definition) is 0. The molecular formula is C20H16ClF2N3O3. The first-order valence-corrected chi connectivity index (χ1v) is 9.22. The zero-order valence-electron chi connectivity index (χ0n) is 15.4. The predicted octanol–water partition coefficient (Wildman–Crippen LogP) is 3.92. The van der Waals surface area contributed by atoms with Gasteiger partial charge in [0, 0.05) is 19.2 Å². The zero-order chi connectivity index (χ0) is 20.5. The van der Waals surface area contributed by atoms with Crippen LogP contribution in [0.2, 0.25) is 5.02 Å². The maximum atomic E-state index is 14.1. The van der Waals surface area contributed by atoms with Crippen molar-refractivity contribution in [1.29, 1.82) is 0 Å². The quantitative estimate of drug-likeness (QED) is 0.627. The molecule has 29 heavy (non-hydrogen) atoms. The summed E-state index contributed by atoms with van der Waals surface area (Å²) in [5, 5.41) is 3.93. The van der Waals surface area contributed by atoms with E-state index in [1.54, 1.807) is 0 Å². The van der Waals surface area contributed by atoms with Gasteiger partial charge >= 0.3 is 0 Å². The minimum atomic E-state index is -0.906. The van der Waals surface area contributed by atoms with E-state index in [0.29, 0.717) is 36.3 Å². The van der Waals surface area contributed by atoms with Crippen molar-refractivity contribution in [3.63, 3.8) is 0 Å². The first kappa shape index (κ1) is 19.2. The third-order valence-electron chi connectivity index (χ3n) is 4.57. The largest absolute Gasteiger partial charge is 0.454 e. The number of benzene rings is 2. The van der Waals surface area contributed by atoms with Crippen molar-refractivity contribution >= 4 is 17.3 Å². The number of halogens is 3. The monoisotopic (exact) mass is 419 g/mol. The Morgan fingerprint density at radius 2 is 1.97 bits per heavy atom. The third kappa shape index (κ3) is 3.63. The van der Waals surface area contributed by atoms with Crippen LogP contribution in [-0.4, -0.2) is 23.1 Å². The van der Waals surface area contributed by atoms with Crippen LogP contribution >= 0.6 is 11.6 Å². The summed E-state index contributed by atoms with van der Waals surface area (Å²) in [4.78, 5) is 14.6. The topological polar surface area (TPSA) is 56.6 Å². The van der Waals surface area contributed by atoms with E-state index >= 15 is 0 Å². The summed E-state index contributed by atoms with van der Waals surface area (Å²) in [7, 11) is 0. The van der Waals surface area contributed by atoms with Gasteiger partial charge in [-0.15, -0.1) is 0 Å². The summed E-state index contributed by atoms with van der Waals surface area (Å²) in [6.07, 6.45) is 1.39. The van der Waals surface area contributed by atoms with Crippen LogP contribution in [0.15, 0.2) is 47.4 Å². The Bertz CT molecular complexity index is 1140. The van der Waals surface area contributed by atoms with Crippen LogP contribution in [-0.2, 0) is 6.54 Å². The average Bonchev–Trinajstić information content (AvgIpc) is 3.17. The van der Waals surface area contributed by atoms with Crippen LogP contribution in [0.3, 0.4) is 0 Å². The first-order valence-electron chi connectivity index (χ1n) is 8.84. The van der Waals surface area contributed by atoms with E-state index in [4.69, 9.17) is 21.1 Å². The second-order valence-electron chi connectivity index (χ2n) is 6.36. The fraction of sp³-hybridized carbons (Fsp3) is 0.200. The SMILES string of the molecule is CCN(Cc1ccc2c(c1)OCO2)c1cnn(-c2ccc(F)cc2F)c(=O)c1Cl. The molecule has 0 saturated carbocycles. The van der Waals surface area contributed by atoms with Gasteiger partial charge in [-0.05, 0) is 36.8 Å². The summed E-state index contributed by atoms with van der Waals surface area (Å²) in [5.74, 6) is -0.315. The van der Waals surface area contributed by atoms with E-state index in [-0.39, 0.29) is 17.5 Å². The first-order chi connectivity index (χ1) is 14.0. The lowest BCUT2D eigenvalue weighted by Crippen LogP contribution is -2.28. The predicted molar refractivity (Wildman–Crippen MR) is 104 cm³/mol. The lowest BCUT2D eigenvalue weighted by molar-refractivity contribution is 0.174. The van der Waals surface area contributed by atoms with Crippen LogP contribution < -0.4 is 19.9 Å². The van der Waals surface area contributed by atoms with E-state index < -0.39 is 17.2 Å². The summed E-state index contributed by atoms with van der Waals surface area (Å²) in [6, 6.07) is 8.45. The van der Waals surface area contributed by atoms with Crippen molar-refractivity contribution in [2.24, 2.45) is 0 Å². The van der Waals surface area contributed by atoms with E-state index in [1.165, 1.54) is 6.20 Å². The second-order valence-corrected chi connectivity index (χ2v) is 6.74. The molecule has 1 aliphatic heterocycles. The fourth-order valence-electron chi connectivity index (χ4n) is 3.10. The molecule has 0 unspecified atom stereocenters. The van der Waals surface area contributed by atoms with Crippen molar-refractivity contribution in [2.75, 3.05) is 18.2 Å². The minimum Gasteiger partial charge on any atom is -0.454 e. The number of fused-ring (bicyclic) bond motifs is 1. The van der Waals surface area contributed by atoms with Crippen LogP contribution in [0.5, 0.6) is 11.5 Å². The van der Waals surface area contributed by atoms with Crippen molar-refractivity contribution in [3.05, 3.63) is 75.2 Å². The lowest BCUT2D eigenvalue weighted by Gasteiger charge is -2.24. The molecule has 1 aliphatic rings. The summed E-state index contributed by atoms with van der Waals surface area (Å²) < 4.78 is 38.7. The highest BCUT2D eigenvalue weighted by Gasteiger charge is 2.19. The minimum absolute atomic E-state index is 0.105. The van der Waals surface area contributed by atoms with Gasteiger partial charge in [0.05, 0.1) is 11.9 Å². The molecule has 0 atom stereocenters.